The normalized spacial score (nSPS) is 13.8. The lowest BCUT2D eigenvalue weighted by Crippen LogP contribution is -2.42. The van der Waals surface area contributed by atoms with Crippen molar-refractivity contribution in [1.29, 1.82) is 0 Å². The molecule has 0 saturated carbocycles. The van der Waals surface area contributed by atoms with Crippen LogP contribution in [0.3, 0.4) is 0 Å². The Labute approximate surface area is 241 Å². The fourth-order valence-electron chi connectivity index (χ4n) is 4.70. The van der Waals surface area contributed by atoms with Gasteiger partial charge in [-0.1, -0.05) is 18.2 Å². The van der Waals surface area contributed by atoms with Crippen molar-refractivity contribution in [1.82, 2.24) is 15.3 Å². The Bertz CT molecular complexity index is 1780. The zero-order valence-corrected chi connectivity index (χ0v) is 23.5. The second kappa shape index (κ2) is 11.0. The summed E-state index contributed by atoms with van der Waals surface area (Å²) in [5, 5.41) is 26.6. The van der Waals surface area contributed by atoms with Crippen molar-refractivity contribution in [3.8, 4) is 17.2 Å². The summed E-state index contributed by atoms with van der Waals surface area (Å²) in [6.07, 6.45) is -4.69. The molecule has 0 bridgehead atoms. The number of pyridine rings is 1. The van der Waals surface area contributed by atoms with Gasteiger partial charge in [-0.3, -0.25) is 4.79 Å². The molecule has 3 heterocycles. The second-order valence-electron chi connectivity index (χ2n) is 10.2. The van der Waals surface area contributed by atoms with E-state index in [0.29, 0.717) is 5.56 Å². The minimum absolute atomic E-state index is 0.0894. The first kappa shape index (κ1) is 29.5. The number of thiophene rings is 1. The summed E-state index contributed by atoms with van der Waals surface area (Å²) in [5.74, 6) is -0.915. The average Bonchev–Trinajstić information content (AvgIpc) is 3.58. The van der Waals surface area contributed by atoms with Gasteiger partial charge in [0.2, 0.25) is 5.89 Å². The number of fused-ring (bicyclic) bond motifs is 2. The molecule has 42 heavy (non-hydrogen) atoms. The SMILES string of the molecule is COc1ccc(-c2nc(C(=O)NC(c3csc4ccccc34)C(C)(C)O)c([C@@H](N)CO)o2)c2ccc(C(F)(F)F)nc12. The topological polar surface area (TPSA) is 144 Å². The fourth-order valence-corrected chi connectivity index (χ4v) is 5.69. The van der Waals surface area contributed by atoms with Crippen molar-refractivity contribution < 1.29 is 37.3 Å². The lowest BCUT2D eigenvalue weighted by atomic mass is 9.91. The molecular weight excluding hydrogens is 573 g/mol. The highest BCUT2D eigenvalue weighted by atomic mass is 32.1. The van der Waals surface area contributed by atoms with E-state index in [-0.39, 0.29) is 39.6 Å². The first-order valence-corrected chi connectivity index (χ1v) is 13.6. The maximum Gasteiger partial charge on any atom is 0.433 e. The van der Waals surface area contributed by atoms with Gasteiger partial charge in [-0.05, 0) is 60.5 Å². The van der Waals surface area contributed by atoms with Crippen LogP contribution in [-0.2, 0) is 6.18 Å². The molecule has 2 aromatic carbocycles. The van der Waals surface area contributed by atoms with Crippen molar-refractivity contribution in [2.24, 2.45) is 5.73 Å². The molecule has 1 unspecified atom stereocenters. The van der Waals surface area contributed by atoms with Crippen molar-refractivity contribution in [3.63, 3.8) is 0 Å². The molecule has 0 aliphatic carbocycles. The van der Waals surface area contributed by atoms with Crippen molar-refractivity contribution >= 4 is 38.2 Å². The Balaban J connectivity index is 1.60. The second-order valence-corrected chi connectivity index (χ2v) is 11.1. The van der Waals surface area contributed by atoms with Gasteiger partial charge < -0.3 is 30.4 Å². The molecule has 5 rings (SSSR count). The van der Waals surface area contributed by atoms with Gasteiger partial charge >= 0.3 is 6.18 Å². The average molecular weight is 601 g/mol. The minimum Gasteiger partial charge on any atom is -0.494 e. The van der Waals surface area contributed by atoms with E-state index >= 15 is 0 Å². The summed E-state index contributed by atoms with van der Waals surface area (Å²) < 4.78 is 52.2. The number of carbonyl (C=O) groups is 1. The number of alkyl halides is 3. The van der Waals surface area contributed by atoms with Crippen LogP contribution in [0.2, 0.25) is 0 Å². The summed E-state index contributed by atoms with van der Waals surface area (Å²) >= 11 is 1.46. The van der Waals surface area contributed by atoms with E-state index in [1.54, 1.807) is 13.8 Å². The Morgan fingerprint density at radius 3 is 2.52 bits per heavy atom. The summed E-state index contributed by atoms with van der Waals surface area (Å²) in [6, 6.07) is 10.5. The van der Waals surface area contributed by atoms with Gasteiger partial charge in [-0.15, -0.1) is 11.3 Å². The number of benzene rings is 2. The molecule has 3 aromatic heterocycles. The molecule has 220 valence electrons. The summed E-state index contributed by atoms with van der Waals surface area (Å²) in [6.45, 7) is 2.54. The molecule has 9 nitrogen and oxygen atoms in total. The molecule has 0 aliphatic heterocycles. The lowest BCUT2D eigenvalue weighted by molar-refractivity contribution is -0.140. The van der Waals surface area contributed by atoms with Crippen LogP contribution in [0.4, 0.5) is 13.2 Å². The third kappa shape index (κ3) is 5.43. The number of nitrogens with two attached hydrogens (primary N) is 1. The molecule has 0 radical (unpaired) electrons. The highest BCUT2D eigenvalue weighted by molar-refractivity contribution is 7.17. The maximum absolute atomic E-state index is 13.7. The largest absolute Gasteiger partial charge is 0.494 e. The van der Waals surface area contributed by atoms with Crippen LogP contribution in [0.25, 0.3) is 32.4 Å². The standard InChI is InChI=1S/C29H27F3N4O5S/c1-28(2,39)25(17-13-42-20-7-5-4-6-14(17)20)36-26(38)23-24(18(33)12-37)41-27(35-23)16-8-10-19(40-3)22-15(16)9-11-21(34-22)29(30,31)32/h4-11,13,18,25,37,39H,12,33H2,1-3H3,(H,36,38)/t18-,25?/m0/s1. The molecular formula is C29H27F3N4O5S. The van der Waals surface area contributed by atoms with Crippen molar-refractivity contribution in [2.75, 3.05) is 13.7 Å². The van der Waals surface area contributed by atoms with E-state index in [1.807, 2.05) is 29.6 Å². The van der Waals surface area contributed by atoms with E-state index in [0.717, 1.165) is 16.2 Å². The Morgan fingerprint density at radius 1 is 1.12 bits per heavy atom. The molecule has 2 atom stereocenters. The third-order valence-corrected chi connectivity index (χ3v) is 7.75. The first-order chi connectivity index (χ1) is 19.8. The number of aliphatic hydroxyl groups excluding tert-OH is 1. The fraction of sp³-hybridized carbons (Fsp3) is 0.276. The van der Waals surface area contributed by atoms with Crippen LogP contribution >= 0.6 is 11.3 Å². The number of aliphatic hydroxyl groups is 2. The highest BCUT2D eigenvalue weighted by Gasteiger charge is 2.36. The monoisotopic (exact) mass is 600 g/mol. The number of hydrogen-bond donors (Lipinski definition) is 4. The van der Waals surface area contributed by atoms with Crippen molar-refractivity contribution in [3.05, 3.63) is 76.6 Å². The van der Waals surface area contributed by atoms with Crippen LogP contribution < -0.4 is 15.8 Å². The van der Waals surface area contributed by atoms with Gasteiger partial charge in [-0.25, -0.2) is 9.97 Å². The molecule has 5 aromatic rings. The molecule has 0 saturated heterocycles. The van der Waals surface area contributed by atoms with Gasteiger partial charge in [0, 0.05) is 15.6 Å². The van der Waals surface area contributed by atoms with E-state index in [1.165, 1.54) is 36.6 Å². The van der Waals surface area contributed by atoms with Gasteiger partial charge in [0.15, 0.2) is 11.5 Å². The van der Waals surface area contributed by atoms with Crippen LogP contribution in [0.1, 0.15) is 53.4 Å². The summed E-state index contributed by atoms with van der Waals surface area (Å²) in [4.78, 5) is 21.8. The van der Waals surface area contributed by atoms with Crippen LogP contribution in [-0.4, -0.2) is 45.4 Å². The number of aromatic nitrogens is 2. The predicted molar refractivity (Wildman–Crippen MR) is 151 cm³/mol. The number of ether oxygens (including phenoxy) is 1. The number of hydrogen-bond acceptors (Lipinski definition) is 9. The van der Waals surface area contributed by atoms with E-state index < -0.39 is 42.1 Å². The molecule has 0 fully saturated rings. The van der Waals surface area contributed by atoms with Crippen molar-refractivity contribution in [2.45, 2.75) is 37.7 Å². The van der Waals surface area contributed by atoms with E-state index in [9.17, 15) is 28.2 Å². The van der Waals surface area contributed by atoms with Gasteiger partial charge in [-0.2, -0.15) is 13.2 Å². The number of amides is 1. The van der Waals surface area contributed by atoms with Gasteiger partial charge in [0.25, 0.3) is 5.91 Å². The quantitative estimate of drug-likeness (QED) is 0.186. The zero-order chi connectivity index (χ0) is 30.4. The predicted octanol–water partition coefficient (Wildman–Crippen LogP) is 5.37. The van der Waals surface area contributed by atoms with Crippen LogP contribution in [0, 0.1) is 0 Å². The molecule has 0 spiro atoms. The number of nitrogens with zero attached hydrogens (tertiary/aromatic N) is 2. The van der Waals surface area contributed by atoms with Gasteiger partial charge in [0.05, 0.1) is 31.4 Å². The van der Waals surface area contributed by atoms with Gasteiger partial charge in [0.1, 0.15) is 17.0 Å². The van der Waals surface area contributed by atoms with Crippen LogP contribution in [0.15, 0.2) is 58.3 Å². The number of halogens is 3. The Kier molecular flexibility index (Phi) is 7.70. The lowest BCUT2D eigenvalue weighted by Gasteiger charge is -2.30. The van der Waals surface area contributed by atoms with E-state index in [4.69, 9.17) is 14.9 Å². The van der Waals surface area contributed by atoms with Crippen LogP contribution in [0.5, 0.6) is 5.75 Å². The maximum atomic E-state index is 13.7. The number of oxazole rings is 1. The molecule has 13 heteroatoms. The summed E-state index contributed by atoms with van der Waals surface area (Å²) in [5.41, 5.74) is 4.13. The minimum atomic E-state index is -4.69. The first-order valence-electron chi connectivity index (χ1n) is 12.7. The molecule has 0 aliphatic rings. The van der Waals surface area contributed by atoms with E-state index in [2.05, 4.69) is 15.3 Å². The molecule has 1 amide bonds. The Hall–Kier alpha value is -4.04. The third-order valence-electron chi connectivity index (χ3n) is 6.77. The number of methoxy groups -OCH3 is 1. The number of rotatable bonds is 8. The Morgan fingerprint density at radius 2 is 1.86 bits per heavy atom. The number of nitrogens with one attached hydrogen (secondary N) is 1. The highest BCUT2D eigenvalue weighted by Crippen LogP contribution is 2.39. The summed E-state index contributed by atoms with van der Waals surface area (Å²) in [7, 11) is 1.30. The smallest absolute Gasteiger partial charge is 0.433 e. The number of carbonyl (C=O) groups excluding carboxylic acids is 1. The zero-order valence-electron chi connectivity index (χ0n) is 22.7. The molecule has 5 N–H and O–H groups in total.